The number of carbonyl (C=O) groups excluding carboxylic acids is 1. The lowest BCUT2D eigenvalue weighted by atomic mass is 10.2. The van der Waals surface area contributed by atoms with Crippen LogP contribution in [0.5, 0.6) is 0 Å². The minimum Gasteiger partial charge on any atom is -0.322 e. The average molecular weight is 359 g/mol. The molecular weight excluding hydrogens is 349 g/mol. The van der Waals surface area contributed by atoms with Crippen LogP contribution >= 0.6 is 39.1 Å². The molecule has 0 aliphatic carbocycles. The summed E-state index contributed by atoms with van der Waals surface area (Å²) in [6, 6.07) is 10.5. The number of hydrogen-bond donors (Lipinski definition) is 1. The quantitative estimate of drug-likeness (QED) is 0.773. The molecule has 2 aromatic carbocycles. The lowest BCUT2D eigenvalue weighted by Crippen LogP contribution is -2.13. The van der Waals surface area contributed by atoms with E-state index in [1.807, 2.05) is 25.1 Å². The lowest BCUT2D eigenvalue weighted by Gasteiger charge is -2.09. The Kier molecular flexibility index (Phi) is 4.50. The standard InChI is InChI=1S/C14H10BrCl2NO/c1-8-5-6-9(7-10(8)15)18-14(19)13-11(16)3-2-4-12(13)17/h2-7H,1H3,(H,18,19). The van der Waals surface area contributed by atoms with Crippen molar-refractivity contribution in [1.29, 1.82) is 0 Å². The summed E-state index contributed by atoms with van der Waals surface area (Å²) in [5.41, 5.74) is 2.05. The second-order valence-electron chi connectivity index (χ2n) is 4.01. The van der Waals surface area contributed by atoms with Gasteiger partial charge in [0.1, 0.15) is 0 Å². The third-order valence-electron chi connectivity index (χ3n) is 2.62. The molecule has 0 aliphatic rings. The Morgan fingerprint density at radius 3 is 2.37 bits per heavy atom. The van der Waals surface area contributed by atoms with E-state index in [0.717, 1.165) is 10.0 Å². The zero-order valence-corrected chi connectivity index (χ0v) is 13.1. The van der Waals surface area contributed by atoms with E-state index < -0.39 is 0 Å². The van der Waals surface area contributed by atoms with Crippen LogP contribution in [-0.4, -0.2) is 5.91 Å². The largest absolute Gasteiger partial charge is 0.322 e. The van der Waals surface area contributed by atoms with Crippen LogP contribution in [0.15, 0.2) is 40.9 Å². The Morgan fingerprint density at radius 2 is 1.79 bits per heavy atom. The van der Waals surface area contributed by atoms with Gasteiger partial charge in [0.05, 0.1) is 15.6 Å². The molecule has 0 saturated carbocycles. The minimum atomic E-state index is -0.327. The summed E-state index contributed by atoms with van der Waals surface area (Å²) >= 11 is 15.4. The fourth-order valence-corrected chi connectivity index (χ4v) is 2.53. The number of amides is 1. The van der Waals surface area contributed by atoms with Gasteiger partial charge in [-0.15, -0.1) is 0 Å². The zero-order valence-electron chi connectivity index (χ0n) is 10.0. The first-order valence-corrected chi connectivity index (χ1v) is 7.05. The predicted molar refractivity (Wildman–Crippen MR) is 83.3 cm³/mol. The average Bonchev–Trinajstić information content (AvgIpc) is 2.33. The fraction of sp³-hybridized carbons (Fsp3) is 0.0714. The molecule has 0 fully saturated rings. The summed E-state index contributed by atoms with van der Waals surface area (Å²) in [7, 11) is 0. The molecule has 0 bridgehead atoms. The topological polar surface area (TPSA) is 29.1 Å². The number of rotatable bonds is 2. The van der Waals surface area contributed by atoms with Crippen LogP contribution in [0.3, 0.4) is 0 Å². The van der Waals surface area contributed by atoms with Gasteiger partial charge in [-0.05, 0) is 36.8 Å². The number of benzene rings is 2. The minimum absolute atomic E-state index is 0.280. The van der Waals surface area contributed by atoms with Gasteiger partial charge >= 0.3 is 0 Å². The normalized spacial score (nSPS) is 10.3. The van der Waals surface area contributed by atoms with Crippen molar-refractivity contribution >= 4 is 50.7 Å². The van der Waals surface area contributed by atoms with Gasteiger partial charge in [-0.25, -0.2) is 0 Å². The molecule has 2 rings (SSSR count). The van der Waals surface area contributed by atoms with E-state index >= 15 is 0 Å². The van der Waals surface area contributed by atoms with Crippen molar-refractivity contribution in [2.45, 2.75) is 6.92 Å². The molecule has 5 heteroatoms. The maximum absolute atomic E-state index is 12.2. The smallest absolute Gasteiger partial charge is 0.258 e. The Labute approximate surface area is 129 Å². The highest BCUT2D eigenvalue weighted by atomic mass is 79.9. The molecule has 1 amide bonds. The number of hydrogen-bond acceptors (Lipinski definition) is 1. The molecule has 0 unspecified atom stereocenters. The highest BCUT2D eigenvalue weighted by Crippen LogP contribution is 2.26. The van der Waals surface area contributed by atoms with Crippen LogP contribution in [-0.2, 0) is 0 Å². The first-order valence-electron chi connectivity index (χ1n) is 5.50. The molecule has 0 aliphatic heterocycles. The van der Waals surface area contributed by atoms with Crippen LogP contribution in [0.2, 0.25) is 10.0 Å². The van der Waals surface area contributed by atoms with Gasteiger partial charge in [-0.1, -0.05) is 51.3 Å². The number of aryl methyl sites for hydroxylation is 1. The van der Waals surface area contributed by atoms with Gasteiger partial charge in [0.2, 0.25) is 0 Å². The van der Waals surface area contributed by atoms with E-state index in [-0.39, 0.29) is 11.5 Å². The third-order valence-corrected chi connectivity index (χ3v) is 4.10. The summed E-state index contributed by atoms with van der Waals surface area (Å²) in [4.78, 5) is 12.2. The summed E-state index contributed by atoms with van der Waals surface area (Å²) in [6.07, 6.45) is 0. The van der Waals surface area contributed by atoms with Gasteiger partial charge in [-0.3, -0.25) is 4.79 Å². The van der Waals surface area contributed by atoms with Crippen molar-refractivity contribution in [3.63, 3.8) is 0 Å². The van der Waals surface area contributed by atoms with E-state index in [2.05, 4.69) is 21.2 Å². The van der Waals surface area contributed by atoms with E-state index in [0.29, 0.717) is 15.7 Å². The van der Waals surface area contributed by atoms with Crippen LogP contribution in [0, 0.1) is 6.92 Å². The van der Waals surface area contributed by atoms with Crippen LogP contribution in [0.25, 0.3) is 0 Å². The van der Waals surface area contributed by atoms with Gasteiger partial charge < -0.3 is 5.32 Å². The Balaban J connectivity index is 2.28. The van der Waals surface area contributed by atoms with Gasteiger partial charge in [0, 0.05) is 10.2 Å². The van der Waals surface area contributed by atoms with E-state index in [4.69, 9.17) is 23.2 Å². The SMILES string of the molecule is Cc1ccc(NC(=O)c2c(Cl)cccc2Cl)cc1Br. The molecule has 2 nitrogen and oxygen atoms in total. The van der Waals surface area contributed by atoms with Crippen molar-refractivity contribution in [1.82, 2.24) is 0 Å². The van der Waals surface area contributed by atoms with E-state index in [1.165, 1.54) is 0 Å². The molecule has 0 spiro atoms. The molecule has 2 aromatic rings. The molecule has 0 aromatic heterocycles. The van der Waals surface area contributed by atoms with E-state index in [9.17, 15) is 4.79 Å². The summed E-state index contributed by atoms with van der Waals surface area (Å²) in [5.74, 6) is -0.327. The monoisotopic (exact) mass is 357 g/mol. The number of nitrogens with one attached hydrogen (secondary N) is 1. The third kappa shape index (κ3) is 3.30. The number of anilines is 1. The van der Waals surface area contributed by atoms with Gasteiger partial charge in [-0.2, -0.15) is 0 Å². The second kappa shape index (κ2) is 5.95. The van der Waals surface area contributed by atoms with Crippen molar-refractivity contribution in [3.8, 4) is 0 Å². The summed E-state index contributed by atoms with van der Waals surface area (Å²) in [6.45, 7) is 1.97. The summed E-state index contributed by atoms with van der Waals surface area (Å²) < 4.78 is 0.926. The molecule has 0 radical (unpaired) electrons. The van der Waals surface area contributed by atoms with Crippen molar-refractivity contribution in [2.24, 2.45) is 0 Å². The van der Waals surface area contributed by atoms with Crippen LogP contribution in [0.4, 0.5) is 5.69 Å². The molecule has 98 valence electrons. The number of carbonyl (C=O) groups is 1. The maximum atomic E-state index is 12.2. The first kappa shape index (κ1) is 14.4. The molecular formula is C14H10BrCl2NO. The molecule has 0 atom stereocenters. The maximum Gasteiger partial charge on any atom is 0.258 e. The molecule has 1 N–H and O–H groups in total. The Bertz CT molecular complexity index is 623. The Morgan fingerprint density at radius 1 is 1.16 bits per heavy atom. The fourth-order valence-electron chi connectivity index (χ4n) is 1.58. The van der Waals surface area contributed by atoms with Crippen LogP contribution in [0.1, 0.15) is 15.9 Å². The number of halogens is 3. The molecule has 19 heavy (non-hydrogen) atoms. The molecule has 0 saturated heterocycles. The van der Waals surface area contributed by atoms with Crippen molar-refractivity contribution < 1.29 is 4.79 Å². The lowest BCUT2D eigenvalue weighted by molar-refractivity contribution is 0.102. The molecule has 0 heterocycles. The first-order chi connectivity index (χ1) is 8.99. The highest BCUT2D eigenvalue weighted by molar-refractivity contribution is 9.10. The Hall–Kier alpha value is -1.03. The van der Waals surface area contributed by atoms with E-state index in [1.54, 1.807) is 18.2 Å². The predicted octanol–water partition coefficient (Wildman–Crippen LogP) is 5.32. The van der Waals surface area contributed by atoms with Crippen molar-refractivity contribution in [2.75, 3.05) is 5.32 Å². The zero-order chi connectivity index (χ0) is 14.0. The van der Waals surface area contributed by atoms with Crippen LogP contribution < -0.4 is 5.32 Å². The van der Waals surface area contributed by atoms with Crippen molar-refractivity contribution in [3.05, 3.63) is 62.0 Å². The van der Waals surface area contributed by atoms with Gasteiger partial charge in [0.15, 0.2) is 0 Å². The highest BCUT2D eigenvalue weighted by Gasteiger charge is 2.14. The summed E-state index contributed by atoms with van der Waals surface area (Å²) in [5, 5.41) is 3.43. The second-order valence-corrected chi connectivity index (χ2v) is 5.68. The van der Waals surface area contributed by atoms with Gasteiger partial charge in [0.25, 0.3) is 5.91 Å².